The lowest BCUT2D eigenvalue weighted by atomic mass is 10.0. The van der Waals surface area contributed by atoms with E-state index in [0.717, 1.165) is 0 Å². The number of rotatable bonds is 5. The Morgan fingerprint density at radius 1 is 1.62 bits per heavy atom. The summed E-state index contributed by atoms with van der Waals surface area (Å²) in [6.45, 7) is 3.57. The molecule has 5 heteroatoms. The Balaban J connectivity index is 2.96. The fourth-order valence-corrected chi connectivity index (χ4v) is 1.41. The summed E-state index contributed by atoms with van der Waals surface area (Å²) >= 11 is 0. The highest BCUT2D eigenvalue weighted by Gasteiger charge is 2.15. The maximum absolute atomic E-state index is 10.6. The summed E-state index contributed by atoms with van der Waals surface area (Å²) in [4.78, 5) is 10.1. The minimum Gasteiger partial charge on any atom is -0.508 e. The maximum Gasteiger partial charge on any atom is 0.270 e. The van der Waals surface area contributed by atoms with Gasteiger partial charge in [-0.2, -0.15) is 0 Å². The highest BCUT2D eigenvalue weighted by molar-refractivity contribution is 5.44. The van der Waals surface area contributed by atoms with E-state index in [1.54, 1.807) is 6.08 Å². The standard InChI is InChI=1S/C11H14N2O3/c1-2-3-4-10(12)9-7-8(13(15)16)5-6-11(9)14/h2,5-7,10,14H,1,3-4,12H2/t10-/m1/s1. The van der Waals surface area contributed by atoms with E-state index in [0.29, 0.717) is 18.4 Å². The van der Waals surface area contributed by atoms with Gasteiger partial charge in [0.25, 0.3) is 5.69 Å². The third-order valence-corrected chi connectivity index (χ3v) is 2.30. The maximum atomic E-state index is 10.6. The number of hydrogen-bond acceptors (Lipinski definition) is 4. The van der Waals surface area contributed by atoms with Crippen LogP contribution in [0.2, 0.25) is 0 Å². The van der Waals surface area contributed by atoms with Gasteiger partial charge in [-0.1, -0.05) is 6.08 Å². The molecule has 0 aromatic heterocycles. The first kappa shape index (κ1) is 12.2. The first-order valence-electron chi connectivity index (χ1n) is 4.90. The predicted molar refractivity (Wildman–Crippen MR) is 61.1 cm³/mol. The third-order valence-electron chi connectivity index (χ3n) is 2.30. The molecule has 0 aliphatic heterocycles. The summed E-state index contributed by atoms with van der Waals surface area (Å²) in [7, 11) is 0. The molecule has 0 radical (unpaired) electrons. The average molecular weight is 222 g/mol. The van der Waals surface area contributed by atoms with Gasteiger partial charge in [-0.15, -0.1) is 6.58 Å². The van der Waals surface area contributed by atoms with Gasteiger partial charge in [-0.05, 0) is 18.9 Å². The Kier molecular flexibility index (Phi) is 4.02. The number of nitrogens with zero attached hydrogens (tertiary/aromatic N) is 1. The van der Waals surface area contributed by atoms with Crippen molar-refractivity contribution in [3.05, 3.63) is 46.5 Å². The molecule has 1 aromatic rings. The van der Waals surface area contributed by atoms with Crippen LogP contribution in [-0.4, -0.2) is 10.0 Å². The molecule has 0 spiro atoms. The van der Waals surface area contributed by atoms with Gasteiger partial charge in [-0.3, -0.25) is 10.1 Å². The molecule has 3 N–H and O–H groups in total. The number of aromatic hydroxyl groups is 1. The van der Waals surface area contributed by atoms with E-state index in [9.17, 15) is 15.2 Å². The van der Waals surface area contributed by atoms with Crippen molar-refractivity contribution in [3.63, 3.8) is 0 Å². The average Bonchev–Trinajstić information content (AvgIpc) is 2.26. The van der Waals surface area contributed by atoms with Crippen LogP contribution < -0.4 is 5.73 Å². The Labute approximate surface area is 93.4 Å². The Morgan fingerprint density at radius 3 is 2.88 bits per heavy atom. The zero-order valence-corrected chi connectivity index (χ0v) is 8.80. The van der Waals surface area contributed by atoms with Crippen LogP contribution in [0.25, 0.3) is 0 Å². The molecular weight excluding hydrogens is 208 g/mol. The molecule has 0 unspecified atom stereocenters. The molecule has 0 saturated heterocycles. The number of allylic oxidation sites excluding steroid dienone is 1. The molecule has 0 aliphatic carbocycles. The molecule has 0 bridgehead atoms. The molecule has 16 heavy (non-hydrogen) atoms. The molecule has 1 aromatic carbocycles. The van der Waals surface area contributed by atoms with Crippen molar-refractivity contribution in [3.8, 4) is 5.75 Å². The molecular formula is C11H14N2O3. The summed E-state index contributed by atoms with van der Waals surface area (Å²) in [5, 5.41) is 20.1. The monoisotopic (exact) mass is 222 g/mol. The number of phenols is 1. The third kappa shape index (κ3) is 2.80. The first-order chi connectivity index (χ1) is 7.56. The van der Waals surface area contributed by atoms with Crippen molar-refractivity contribution in [2.45, 2.75) is 18.9 Å². The van der Waals surface area contributed by atoms with Gasteiger partial charge in [0, 0.05) is 23.7 Å². The molecule has 0 aliphatic rings. The molecule has 5 nitrogen and oxygen atoms in total. The van der Waals surface area contributed by atoms with Crippen LogP contribution in [0.1, 0.15) is 24.4 Å². The number of nitro benzene ring substituents is 1. The zero-order chi connectivity index (χ0) is 12.1. The Hall–Kier alpha value is -1.88. The summed E-state index contributed by atoms with van der Waals surface area (Å²) < 4.78 is 0. The van der Waals surface area contributed by atoms with E-state index >= 15 is 0 Å². The van der Waals surface area contributed by atoms with Gasteiger partial charge in [0.05, 0.1) is 4.92 Å². The summed E-state index contributed by atoms with van der Waals surface area (Å²) in [5.74, 6) is -0.0119. The molecule has 1 atom stereocenters. The van der Waals surface area contributed by atoms with Crippen molar-refractivity contribution in [1.82, 2.24) is 0 Å². The molecule has 0 amide bonds. The topological polar surface area (TPSA) is 89.4 Å². The van der Waals surface area contributed by atoms with Crippen LogP contribution in [0, 0.1) is 10.1 Å². The molecule has 0 saturated carbocycles. The molecule has 0 heterocycles. The number of benzene rings is 1. The van der Waals surface area contributed by atoms with Gasteiger partial charge in [0.1, 0.15) is 5.75 Å². The number of hydrogen-bond donors (Lipinski definition) is 2. The van der Waals surface area contributed by atoms with E-state index in [2.05, 4.69) is 6.58 Å². The van der Waals surface area contributed by atoms with Gasteiger partial charge < -0.3 is 10.8 Å². The van der Waals surface area contributed by atoms with Crippen LogP contribution in [0.4, 0.5) is 5.69 Å². The quantitative estimate of drug-likeness (QED) is 0.454. The minimum atomic E-state index is -0.511. The highest BCUT2D eigenvalue weighted by atomic mass is 16.6. The fraction of sp³-hybridized carbons (Fsp3) is 0.273. The van der Waals surface area contributed by atoms with Gasteiger partial charge in [0.15, 0.2) is 0 Å². The van der Waals surface area contributed by atoms with E-state index in [4.69, 9.17) is 5.73 Å². The van der Waals surface area contributed by atoms with Crippen molar-refractivity contribution in [1.29, 1.82) is 0 Å². The van der Waals surface area contributed by atoms with Crippen LogP contribution >= 0.6 is 0 Å². The van der Waals surface area contributed by atoms with Crippen LogP contribution in [0.15, 0.2) is 30.9 Å². The van der Waals surface area contributed by atoms with Gasteiger partial charge in [0.2, 0.25) is 0 Å². The van der Waals surface area contributed by atoms with E-state index in [-0.39, 0.29) is 11.4 Å². The zero-order valence-electron chi connectivity index (χ0n) is 8.80. The number of nitro groups is 1. The van der Waals surface area contributed by atoms with Gasteiger partial charge >= 0.3 is 0 Å². The predicted octanol–water partition coefficient (Wildman–Crippen LogP) is 2.27. The fourth-order valence-electron chi connectivity index (χ4n) is 1.41. The number of non-ortho nitro benzene ring substituents is 1. The molecule has 1 rings (SSSR count). The normalized spacial score (nSPS) is 12.1. The smallest absolute Gasteiger partial charge is 0.270 e. The number of phenolic OH excluding ortho intramolecular Hbond substituents is 1. The van der Waals surface area contributed by atoms with Crippen molar-refractivity contribution in [2.75, 3.05) is 0 Å². The van der Waals surface area contributed by atoms with Crippen molar-refractivity contribution < 1.29 is 10.0 Å². The van der Waals surface area contributed by atoms with E-state index in [1.165, 1.54) is 18.2 Å². The number of nitrogens with two attached hydrogens (primary N) is 1. The van der Waals surface area contributed by atoms with Crippen molar-refractivity contribution in [2.24, 2.45) is 5.73 Å². The van der Waals surface area contributed by atoms with Crippen LogP contribution in [0.5, 0.6) is 5.75 Å². The SMILES string of the molecule is C=CCC[C@@H](N)c1cc([N+](=O)[O-])ccc1O. The van der Waals surface area contributed by atoms with Crippen molar-refractivity contribution >= 4 is 5.69 Å². The summed E-state index contributed by atoms with van der Waals surface area (Å²) in [5.41, 5.74) is 6.15. The molecule has 86 valence electrons. The van der Waals surface area contributed by atoms with Gasteiger partial charge in [-0.25, -0.2) is 0 Å². The minimum absolute atomic E-state index is 0.0119. The summed E-state index contributed by atoms with van der Waals surface area (Å²) in [6, 6.07) is 3.43. The lowest BCUT2D eigenvalue weighted by Gasteiger charge is -2.12. The summed E-state index contributed by atoms with van der Waals surface area (Å²) in [6.07, 6.45) is 3.01. The Bertz CT molecular complexity index is 404. The highest BCUT2D eigenvalue weighted by Crippen LogP contribution is 2.29. The lowest BCUT2D eigenvalue weighted by Crippen LogP contribution is -2.10. The second-order valence-electron chi connectivity index (χ2n) is 3.47. The second kappa shape index (κ2) is 5.27. The lowest BCUT2D eigenvalue weighted by molar-refractivity contribution is -0.385. The molecule has 0 fully saturated rings. The second-order valence-corrected chi connectivity index (χ2v) is 3.47. The largest absolute Gasteiger partial charge is 0.508 e. The van der Waals surface area contributed by atoms with E-state index < -0.39 is 11.0 Å². The van der Waals surface area contributed by atoms with E-state index in [1.807, 2.05) is 0 Å². The first-order valence-corrected chi connectivity index (χ1v) is 4.90. The van der Waals surface area contributed by atoms with Crippen LogP contribution in [0.3, 0.4) is 0 Å². The Morgan fingerprint density at radius 2 is 2.31 bits per heavy atom. The van der Waals surface area contributed by atoms with Crippen LogP contribution in [-0.2, 0) is 0 Å².